The SMILES string of the molecule is O[N+](=Cc1ccccc1N1CCN(c2ccc(C(F)(F)F)cn2)CC1)Cc1ccccc1. The molecular formula is C24H24F3N4O+. The van der Waals surface area contributed by atoms with Crippen LogP contribution in [-0.2, 0) is 12.7 Å². The first-order chi connectivity index (χ1) is 15.4. The van der Waals surface area contributed by atoms with Crippen LogP contribution in [0.3, 0.4) is 0 Å². The number of aromatic nitrogens is 1. The first kappa shape index (κ1) is 21.7. The molecule has 0 saturated carbocycles. The van der Waals surface area contributed by atoms with Gasteiger partial charge in [-0.1, -0.05) is 42.5 Å². The lowest BCUT2D eigenvalue weighted by Gasteiger charge is -2.37. The lowest BCUT2D eigenvalue weighted by atomic mass is 10.1. The predicted octanol–water partition coefficient (Wildman–Crippen LogP) is 4.45. The molecule has 166 valence electrons. The molecule has 1 N–H and O–H groups in total. The Morgan fingerprint density at radius 3 is 2.19 bits per heavy atom. The van der Waals surface area contributed by atoms with E-state index in [1.54, 1.807) is 6.21 Å². The summed E-state index contributed by atoms with van der Waals surface area (Å²) in [6.45, 7) is 3.04. The van der Waals surface area contributed by atoms with Gasteiger partial charge in [-0.25, -0.2) is 4.98 Å². The maximum atomic E-state index is 12.8. The molecule has 3 aromatic rings. The second kappa shape index (κ2) is 9.30. The molecule has 1 aliphatic heterocycles. The van der Waals surface area contributed by atoms with Gasteiger partial charge in [0.15, 0.2) is 0 Å². The molecule has 32 heavy (non-hydrogen) atoms. The van der Waals surface area contributed by atoms with Crippen LogP contribution >= 0.6 is 0 Å². The Bertz CT molecular complexity index is 1060. The maximum absolute atomic E-state index is 12.8. The van der Waals surface area contributed by atoms with Crippen molar-refractivity contribution in [2.24, 2.45) is 0 Å². The minimum Gasteiger partial charge on any atom is -0.367 e. The van der Waals surface area contributed by atoms with E-state index in [4.69, 9.17) is 0 Å². The predicted molar refractivity (Wildman–Crippen MR) is 117 cm³/mol. The van der Waals surface area contributed by atoms with Gasteiger partial charge in [0.2, 0.25) is 12.8 Å². The third-order valence-electron chi connectivity index (χ3n) is 5.43. The Morgan fingerprint density at radius 2 is 1.53 bits per heavy atom. The van der Waals surface area contributed by atoms with Gasteiger partial charge in [-0.05, 0) is 29.0 Å². The van der Waals surface area contributed by atoms with E-state index in [9.17, 15) is 18.4 Å². The van der Waals surface area contributed by atoms with Gasteiger partial charge in [0.1, 0.15) is 5.82 Å². The molecule has 0 radical (unpaired) electrons. The monoisotopic (exact) mass is 441 g/mol. The number of pyridine rings is 1. The van der Waals surface area contributed by atoms with Gasteiger partial charge in [-0.2, -0.15) is 13.2 Å². The van der Waals surface area contributed by atoms with Crippen LogP contribution in [0.4, 0.5) is 24.7 Å². The molecule has 0 unspecified atom stereocenters. The van der Waals surface area contributed by atoms with E-state index in [1.807, 2.05) is 59.5 Å². The van der Waals surface area contributed by atoms with E-state index in [0.717, 1.165) is 29.1 Å². The average Bonchev–Trinajstić information content (AvgIpc) is 2.80. The summed E-state index contributed by atoms with van der Waals surface area (Å²) in [5.41, 5.74) is 2.15. The maximum Gasteiger partial charge on any atom is 0.417 e. The highest BCUT2D eigenvalue weighted by Crippen LogP contribution is 2.30. The van der Waals surface area contributed by atoms with Gasteiger partial charge < -0.3 is 9.80 Å². The Balaban J connectivity index is 1.43. The number of piperazine rings is 1. The first-order valence-corrected chi connectivity index (χ1v) is 10.4. The number of alkyl halides is 3. The minimum absolute atomic E-state index is 0.378. The Kier molecular flexibility index (Phi) is 6.30. The van der Waals surface area contributed by atoms with Gasteiger partial charge in [0, 0.05) is 37.9 Å². The summed E-state index contributed by atoms with van der Waals surface area (Å²) in [4.78, 5) is 8.20. The van der Waals surface area contributed by atoms with E-state index in [0.29, 0.717) is 38.5 Å². The fourth-order valence-corrected chi connectivity index (χ4v) is 3.78. The molecular weight excluding hydrogens is 417 g/mol. The molecule has 0 bridgehead atoms. The second-order valence-electron chi connectivity index (χ2n) is 7.65. The van der Waals surface area contributed by atoms with Crippen LogP contribution in [0.2, 0.25) is 0 Å². The normalized spacial score (nSPS) is 15.2. The highest BCUT2D eigenvalue weighted by Gasteiger charge is 2.31. The summed E-state index contributed by atoms with van der Waals surface area (Å²) in [6.07, 6.45) is -1.79. The van der Waals surface area contributed by atoms with Crippen molar-refractivity contribution in [3.05, 3.63) is 89.6 Å². The van der Waals surface area contributed by atoms with Crippen molar-refractivity contribution >= 4 is 17.7 Å². The summed E-state index contributed by atoms with van der Waals surface area (Å²) < 4.78 is 39.5. The van der Waals surface area contributed by atoms with Crippen molar-refractivity contribution in [3.63, 3.8) is 0 Å². The third kappa shape index (κ3) is 5.19. The zero-order chi connectivity index (χ0) is 22.6. The lowest BCUT2D eigenvalue weighted by molar-refractivity contribution is -0.783. The van der Waals surface area contributed by atoms with Crippen LogP contribution in [-0.4, -0.2) is 47.3 Å². The van der Waals surface area contributed by atoms with Crippen LogP contribution in [0.15, 0.2) is 72.9 Å². The Hall–Kier alpha value is -3.55. The molecule has 1 aromatic heterocycles. The minimum atomic E-state index is -4.38. The van der Waals surface area contributed by atoms with Crippen molar-refractivity contribution in [2.75, 3.05) is 36.0 Å². The number of hydroxylamine groups is 1. The van der Waals surface area contributed by atoms with Crippen molar-refractivity contribution in [3.8, 4) is 0 Å². The number of anilines is 2. The van der Waals surface area contributed by atoms with Crippen LogP contribution < -0.4 is 9.80 Å². The summed E-state index contributed by atoms with van der Waals surface area (Å²) in [5, 5.41) is 10.4. The Labute approximate surface area is 184 Å². The highest BCUT2D eigenvalue weighted by atomic mass is 19.4. The molecule has 1 fully saturated rings. The topological polar surface area (TPSA) is 42.6 Å². The number of nitrogens with zero attached hydrogens (tertiary/aromatic N) is 4. The smallest absolute Gasteiger partial charge is 0.367 e. The standard InChI is InChI=1S/C24H24F3N4O/c25-24(26,27)21-10-11-23(28-16-21)30-14-12-29(13-15-30)22-9-5-4-8-20(22)18-31(32)17-19-6-2-1-3-7-19/h1-11,16,18,32H,12-15,17H2/q+1. The zero-order valence-corrected chi connectivity index (χ0v) is 17.4. The van der Waals surface area contributed by atoms with Crippen molar-refractivity contribution < 1.29 is 23.1 Å². The largest absolute Gasteiger partial charge is 0.417 e. The van der Waals surface area contributed by atoms with Gasteiger partial charge in [-0.15, -0.1) is 0 Å². The quantitative estimate of drug-likeness (QED) is 0.275. The number of halogens is 3. The molecule has 0 atom stereocenters. The van der Waals surface area contributed by atoms with Crippen LogP contribution in [0, 0.1) is 0 Å². The molecule has 4 rings (SSSR count). The number of benzene rings is 2. The molecule has 1 aliphatic rings. The molecule has 2 heterocycles. The number of para-hydroxylation sites is 1. The van der Waals surface area contributed by atoms with Gasteiger partial charge in [0.05, 0.1) is 16.8 Å². The second-order valence-corrected chi connectivity index (χ2v) is 7.65. The van der Waals surface area contributed by atoms with Crippen molar-refractivity contribution in [1.29, 1.82) is 0 Å². The van der Waals surface area contributed by atoms with Crippen molar-refractivity contribution in [1.82, 2.24) is 4.98 Å². The molecule has 0 aliphatic carbocycles. The van der Waals surface area contributed by atoms with E-state index >= 15 is 0 Å². The van der Waals surface area contributed by atoms with Crippen LogP contribution in [0.5, 0.6) is 0 Å². The molecule has 2 aromatic carbocycles. The number of rotatable bonds is 5. The molecule has 0 amide bonds. The highest BCUT2D eigenvalue weighted by molar-refractivity contribution is 5.85. The van der Waals surface area contributed by atoms with E-state index in [-0.39, 0.29) is 0 Å². The first-order valence-electron chi connectivity index (χ1n) is 10.4. The van der Waals surface area contributed by atoms with Gasteiger partial charge >= 0.3 is 6.18 Å². The average molecular weight is 441 g/mol. The summed E-state index contributed by atoms with van der Waals surface area (Å²) >= 11 is 0. The summed E-state index contributed by atoms with van der Waals surface area (Å²) in [6, 6.07) is 20.0. The number of hydrogen-bond donors (Lipinski definition) is 1. The molecule has 1 saturated heterocycles. The summed E-state index contributed by atoms with van der Waals surface area (Å²) in [7, 11) is 0. The van der Waals surface area contributed by atoms with Gasteiger partial charge in [0.25, 0.3) is 0 Å². The zero-order valence-electron chi connectivity index (χ0n) is 17.4. The molecule has 0 spiro atoms. The van der Waals surface area contributed by atoms with Crippen LogP contribution in [0.1, 0.15) is 16.7 Å². The number of hydrogen-bond acceptors (Lipinski definition) is 4. The lowest BCUT2D eigenvalue weighted by Crippen LogP contribution is -2.47. The fraction of sp³-hybridized carbons (Fsp3) is 0.250. The Morgan fingerprint density at radius 1 is 0.875 bits per heavy atom. The van der Waals surface area contributed by atoms with Crippen LogP contribution in [0.25, 0.3) is 0 Å². The fourth-order valence-electron chi connectivity index (χ4n) is 3.78. The summed E-state index contributed by atoms with van der Waals surface area (Å²) in [5.74, 6) is 0.543. The van der Waals surface area contributed by atoms with E-state index in [2.05, 4.69) is 9.88 Å². The van der Waals surface area contributed by atoms with Crippen molar-refractivity contribution in [2.45, 2.75) is 12.7 Å². The molecule has 5 nitrogen and oxygen atoms in total. The van der Waals surface area contributed by atoms with E-state index in [1.165, 1.54) is 10.8 Å². The van der Waals surface area contributed by atoms with Gasteiger partial charge in [-0.3, -0.25) is 5.21 Å². The molecule has 8 heteroatoms. The third-order valence-corrected chi connectivity index (χ3v) is 5.43. The van der Waals surface area contributed by atoms with E-state index < -0.39 is 11.7 Å².